The van der Waals surface area contributed by atoms with Gasteiger partial charge in [0.2, 0.25) is 11.8 Å². The van der Waals surface area contributed by atoms with E-state index in [-0.39, 0.29) is 71.6 Å². The number of likely N-dealkylation sites (tertiary alicyclic amines) is 1. The third-order valence-corrected chi connectivity index (χ3v) is 13.0. The molecule has 3 aromatic rings. The molecule has 47 heavy (non-hydrogen) atoms. The summed E-state index contributed by atoms with van der Waals surface area (Å²) in [7, 11) is 1.51. The number of halogens is 2. The SMILES string of the molecule is COc1cc([C@H]2c3sc(=O)[nH]c3SC3C4CC(C5C(=O)N(CCCC(=O)O)C(=O)C45)C32)ccc1OCC(=O)Nc1ccc(Cl)c(Cl)c1. The molecule has 246 valence electrons. The van der Waals surface area contributed by atoms with Gasteiger partial charge in [-0.2, -0.15) is 0 Å². The molecule has 2 aliphatic carbocycles. The van der Waals surface area contributed by atoms with E-state index in [4.69, 9.17) is 37.8 Å². The maximum atomic E-state index is 13.7. The van der Waals surface area contributed by atoms with E-state index in [1.54, 1.807) is 36.0 Å². The van der Waals surface area contributed by atoms with Crippen molar-refractivity contribution in [2.75, 3.05) is 25.6 Å². The van der Waals surface area contributed by atoms with Crippen LogP contribution in [-0.2, 0) is 19.2 Å². The molecule has 3 N–H and O–H groups in total. The standard InChI is InChI=1S/C32H29Cl2N3O8S2/c1-44-20-9-13(4-7-19(20)45-12-21(38)35-14-5-6-17(33)18(34)10-14)23-24-15-11-16(27(24)46-29-28(23)47-32(43)36-29)26-25(15)30(41)37(31(26)42)8-2-3-22(39)40/h4-7,9-10,15-16,23-27H,2-3,8,11-12H2,1H3,(H,35,38)(H,36,43)(H,39,40)/t15?,16?,23-,24?,25?,26?,27?/m1/s1. The van der Waals surface area contributed by atoms with Gasteiger partial charge >= 0.3 is 10.8 Å². The van der Waals surface area contributed by atoms with E-state index in [9.17, 15) is 24.0 Å². The molecular weight excluding hydrogens is 689 g/mol. The maximum absolute atomic E-state index is 13.7. The van der Waals surface area contributed by atoms with Gasteiger partial charge in [0.1, 0.15) is 0 Å². The molecule has 0 radical (unpaired) electrons. The third kappa shape index (κ3) is 5.60. The Morgan fingerprint density at radius 2 is 1.81 bits per heavy atom. The second-order valence-electron chi connectivity index (χ2n) is 12.2. The van der Waals surface area contributed by atoms with Crippen molar-refractivity contribution in [2.45, 2.75) is 35.5 Å². The molecule has 3 heterocycles. The van der Waals surface area contributed by atoms with Crippen molar-refractivity contribution in [3.05, 3.63) is 66.6 Å². The van der Waals surface area contributed by atoms with E-state index in [1.807, 2.05) is 12.1 Å². The molecule has 4 aliphatic rings. The Labute approximate surface area is 286 Å². The zero-order valence-electron chi connectivity index (χ0n) is 24.9. The first-order valence-electron chi connectivity index (χ1n) is 15.1. The Balaban J connectivity index is 1.14. The normalized spacial score (nSPS) is 27.0. The number of carboxylic acids is 1. The van der Waals surface area contributed by atoms with Gasteiger partial charge in [-0.3, -0.25) is 28.9 Å². The van der Waals surface area contributed by atoms with Crippen molar-refractivity contribution < 1.29 is 33.8 Å². The fourth-order valence-electron chi connectivity index (χ4n) is 7.97. The van der Waals surface area contributed by atoms with Gasteiger partial charge in [0.05, 0.1) is 34.0 Å². The number of thioether (sulfide) groups is 1. The van der Waals surface area contributed by atoms with Gasteiger partial charge in [-0.1, -0.05) is 40.6 Å². The van der Waals surface area contributed by atoms with E-state index in [2.05, 4.69) is 10.3 Å². The van der Waals surface area contributed by atoms with E-state index >= 15 is 0 Å². The summed E-state index contributed by atoms with van der Waals surface area (Å²) in [5, 5.41) is 13.2. The third-order valence-electron chi connectivity index (χ3n) is 9.70. The van der Waals surface area contributed by atoms with Gasteiger partial charge in [0.25, 0.3) is 5.91 Å². The molecule has 2 saturated carbocycles. The second kappa shape index (κ2) is 12.5. The first-order valence-corrected chi connectivity index (χ1v) is 17.5. The predicted octanol–water partition coefficient (Wildman–Crippen LogP) is 5.11. The number of carbonyl (C=O) groups excluding carboxylic acids is 3. The lowest BCUT2D eigenvalue weighted by molar-refractivity contribution is -0.142. The van der Waals surface area contributed by atoms with E-state index in [1.165, 1.54) is 12.0 Å². The minimum atomic E-state index is -0.965. The number of carbonyl (C=O) groups is 4. The van der Waals surface area contributed by atoms with Gasteiger partial charge in [0, 0.05) is 34.7 Å². The van der Waals surface area contributed by atoms with Crippen molar-refractivity contribution in [1.82, 2.24) is 9.88 Å². The van der Waals surface area contributed by atoms with Crippen LogP contribution in [0.1, 0.15) is 35.6 Å². The van der Waals surface area contributed by atoms with Crippen molar-refractivity contribution in [3.8, 4) is 11.5 Å². The molecule has 15 heteroatoms. The van der Waals surface area contributed by atoms with E-state index in [0.29, 0.717) is 27.2 Å². The fourth-order valence-corrected chi connectivity index (χ4v) is 11.2. The number of nitrogens with one attached hydrogen (secondary N) is 2. The quantitative estimate of drug-likeness (QED) is 0.243. The number of methoxy groups -OCH3 is 1. The lowest BCUT2D eigenvalue weighted by atomic mass is 9.68. The van der Waals surface area contributed by atoms with Gasteiger partial charge in [-0.15, -0.1) is 11.8 Å². The number of rotatable bonds is 10. The highest BCUT2D eigenvalue weighted by Gasteiger charge is 2.69. The molecule has 1 aromatic heterocycles. The number of amides is 3. The van der Waals surface area contributed by atoms with Gasteiger partial charge in [-0.05, 0) is 66.5 Å². The summed E-state index contributed by atoms with van der Waals surface area (Å²) in [5.41, 5.74) is 1.35. The number of ether oxygens (including phenoxy) is 2. The molecule has 3 fully saturated rings. The highest BCUT2D eigenvalue weighted by molar-refractivity contribution is 8.00. The van der Waals surface area contributed by atoms with Crippen LogP contribution in [0.2, 0.25) is 10.0 Å². The van der Waals surface area contributed by atoms with Crippen LogP contribution in [0.15, 0.2) is 46.2 Å². The summed E-state index contributed by atoms with van der Waals surface area (Å²) in [5.74, 6) is -2.30. The molecule has 0 spiro atoms. The molecule has 11 nitrogen and oxygen atoms in total. The minimum Gasteiger partial charge on any atom is -0.493 e. The lowest BCUT2D eigenvalue weighted by Crippen LogP contribution is -2.42. The van der Waals surface area contributed by atoms with E-state index < -0.39 is 23.7 Å². The van der Waals surface area contributed by atoms with Crippen molar-refractivity contribution in [1.29, 1.82) is 0 Å². The average Bonchev–Trinajstić information content (AvgIpc) is 3.77. The first kappa shape index (κ1) is 32.0. The Morgan fingerprint density at radius 1 is 1.04 bits per heavy atom. The summed E-state index contributed by atoms with van der Waals surface area (Å²) in [4.78, 5) is 68.5. The number of fused-ring (bicyclic) bond motifs is 9. The fraction of sp³-hybridized carbons (Fsp3) is 0.406. The number of benzene rings is 2. The summed E-state index contributed by atoms with van der Waals surface area (Å²) in [6, 6.07) is 10.2. The van der Waals surface area contributed by atoms with Crippen LogP contribution in [0, 0.1) is 29.6 Å². The number of aromatic amines is 1. The van der Waals surface area contributed by atoms with Crippen molar-refractivity contribution in [3.63, 3.8) is 0 Å². The number of imide groups is 1. The molecule has 7 rings (SSSR count). The molecule has 2 aliphatic heterocycles. The molecule has 3 amide bonds. The highest BCUT2D eigenvalue weighted by atomic mass is 35.5. The van der Waals surface area contributed by atoms with Crippen molar-refractivity contribution in [2.24, 2.45) is 29.6 Å². The zero-order chi connectivity index (χ0) is 33.1. The van der Waals surface area contributed by atoms with Crippen LogP contribution in [0.3, 0.4) is 0 Å². The Kier molecular flexibility index (Phi) is 8.52. The van der Waals surface area contributed by atoms with Crippen molar-refractivity contribution >= 4 is 75.7 Å². The number of aliphatic carboxylic acids is 1. The minimum absolute atomic E-state index is 0.00621. The largest absolute Gasteiger partial charge is 0.493 e. The molecule has 6 unspecified atom stereocenters. The Morgan fingerprint density at radius 3 is 2.53 bits per heavy atom. The molecule has 2 bridgehead atoms. The number of aromatic nitrogens is 1. The molecule has 2 aromatic carbocycles. The lowest BCUT2D eigenvalue weighted by Gasteiger charge is -2.43. The topological polar surface area (TPSA) is 155 Å². The number of hydrogen-bond donors (Lipinski definition) is 3. The maximum Gasteiger partial charge on any atom is 0.305 e. The Bertz CT molecular complexity index is 1860. The van der Waals surface area contributed by atoms with Crippen LogP contribution < -0.4 is 19.7 Å². The number of anilines is 1. The van der Waals surface area contributed by atoms with Crippen LogP contribution in [0.5, 0.6) is 11.5 Å². The summed E-state index contributed by atoms with van der Waals surface area (Å²) < 4.78 is 11.5. The smallest absolute Gasteiger partial charge is 0.305 e. The molecule has 7 atom stereocenters. The second-order valence-corrected chi connectivity index (χ2v) is 15.2. The monoisotopic (exact) mass is 717 g/mol. The summed E-state index contributed by atoms with van der Waals surface area (Å²) >= 11 is 14.7. The van der Waals surface area contributed by atoms with Crippen LogP contribution in [0.4, 0.5) is 5.69 Å². The first-order chi connectivity index (χ1) is 22.5. The van der Waals surface area contributed by atoms with E-state index in [0.717, 1.165) is 33.2 Å². The Hall–Kier alpha value is -3.52. The predicted molar refractivity (Wildman–Crippen MR) is 176 cm³/mol. The summed E-state index contributed by atoms with van der Waals surface area (Å²) in [6.45, 7) is -0.191. The van der Waals surface area contributed by atoms with Gasteiger partial charge in [0.15, 0.2) is 18.1 Å². The van der Waals surface area contributed by atoms with Gasteiger partial charge in [-0.25, -0.2) is 0 Å². The van der Waals surface area contributed by atoms with Gasteiger partial charge < -0.3 is 24.9 Å². The van der Waals surface area contributed by atoms with Crippen LogP contribution in [0.25, 0.3) is 0 Å². The number of nitrogens with zero attached hydrogens (tertiary/aromatic N) is 1. The number of hydrogen-bond acceptors (Lipinski definition) is 9. The average molecular weight is 719 g/mol. The molecular formula is C32H29Cl2N3O8S2. The van der Waals surface area contributed by atoms with Crippen LogP contribution in [-0.4, -0.2) is 64.2 Å². The molecule has 1 saturated heterocycles. The van der Waals surface area contributed by atoms with Crippen LogP contribution >= 0.6 is 46.3 Å². The number of carboxylic acid groups (broad SMARTS) is 1. The highest BCUT2D eigenvalue weighted by Crippen LogP contribution is 2.68. The summed E-state index contributed by atoms with van der Waals surface area (Å²) in [6.07, 6.45) is 0.842. The number of thiazole rings is 1. The number of H-pyrrole nitrogens is 1. The zero-order valence-corrected chi connectivity index (χ0v) is 28.0.